The van der Waals surface area contributed by atoms with Crippen molar-refractivity contribution >= 4 is 33.4 Å². The number of benzene rings is 2. The minimum Gasteiger partial charge on any atom is -0.352 e. The molecule has 0 radical (unpaired) electrons. The van der Waals surface area contributed by atoms with Gasteiger partial charge in [0.2, 0.25) is 21.8 Å². The van der Waals surface area contributed by atoms with Crippen LogP contribution in [-0.4, -0.2) is 32.2 Å². The third kappa shape index (κ3) is 5.18. The highest BCUT2D eigenvalue weighted by Crippen LogP contribution is 2.19. The number of anilines is 1. The van der Waals surface area contributed by atoms with Crippen molar-refractivity contribution in [2.45, 2.75) is 30.3 Å². The molecular weight excluding hydrogens is 396 g/mol. The Hall–Kier alpha value is -3.24. The van der Waals surface area contributed by atoms with E-state index in [1.807, 2.05) is 0 Å². The van der Waals surface area contributed by atoms with Gasteiger partial charge in [0.25, 0.3) is 5.91 Å². The second-order valence-corrected chi connectivity index (χ2v) is 8.13. The van der Waals surface area contributed by atoms with Crippen LogP contribution in [0, 0.1) is 0 Å². The van der Waals surface area contributed by atoms with Gasteiger partial charge in [0.05, 0.1) is 16.1 Å². The van der Waals surface area contributed by atoms with Gasteiger partial charge in [-0.2, -0.15) is 0 Å². The van der Waals surface area contributed by atoms with Crippen molar-refractivity contribution in [3.05, 3.63) is 59.7 Å². The van der Waals surface area contributed by atoms with E-state index in [-0.39, 0.29) is 42.0 Å². The molecule has 0 aromatic heterocycles. The van der Waals surface area contributed by atoms with Gasteiger partial charge in [-0.3, -0.25) is 14.4 Å². The van der Waals surface area contributed by atoms with Crippen LogP contribution in [0.3, 0.4) is 0 Å². The zero-order valence-corrected chi connectivity index (χ0v) is 16.2. The van der Waals surface area contributed by atoms with Crippen molar-refractivity contribution in [3.8, 4) is 0 Å². The summed E-state index contributed by atoms with van der Waals surface area (Å²) in [5.74, 6) is -1.06. The molecular formula is C19H20N4O5S. The molecule has 0 saturated carbocycles. The Balaban J connectivity index is 1.52. The van der Waals surface area contributed by atoms with Gasteiger partial charge in [0, 0.05) is 13.0 Å². The lowest BCUT2D eigenvalue weighted by molar-refractivity contribution is -0.122. The van der Waals surface area contributed by atoms with Gasteiger partial charge in [-0.25, -0.2) is 13.6 Å². The number of nitrogens with two attached hydrogens (primary N) is 1. The van der Waals surface area contributed by atoms with Crippen molar-refractivity contribution in [3.63, 3.8) is 0 Å². The molecule has 3 rings (SSSR count). The molecule has 2 aromatic rings. The average molecular weight is 416 g/mol. The number of hydrogen-bond acceptors (Lipinski definition) is 5. The summed E-state index contributed by atoms with van der Waals surface area (Å²) in [6, 6.07) is 11.7. The number of carbonyl (C=O) groups is 3. The lowest BCUT2D eigenvalue weighted by atomic mass is 10.1. The molecule has 5 N–H and O–H groups in total. The van der Waals surface area contributed by atoms with Crippen LogP contribution in [0.15, 0.2) is 53.4 Å². The molecule has 0 spiro atoms. The van der Waals surface area contributed by atoms with Crippen LogP contribution in [-0.2, 0) is 26.2 Å². The summed E-state index contributed by atoms with van der Waals surface area (Å²) in [4.78, 5) is 36.7. The Kier molecular flexibility index (Phi) is 5.95. The Morgan fingerprint density at radius 3 is 2.45 bits per heavy atom. The van der Waals surface area contributed by atoms with Gasteiger partial charge in [-0.1, -0.05) is 24.3 Å². The van der Waals surface area contributed by atoms with Gasteiger partial charge in [0.15, 0.2) is 0 Å². The highest BCUT2D eigenvalue weighted by atomic mass is 32.2. The van der Waals surface area contributed by atoms with E-state index in [4.69, 9.17) is 5.14 Å². The smallest absolute Gasteiger partial charge is 0.254 e. The summed E-state index contributed by atoms with van der Waals surface area (Å²) < 4.78 is 22.5. The standard InChI is InChI=1S/C19H20N4O5S/c20-29(27,28)13-7-5-12(6-8-13)11-21-17(24)10-9-16-19(26)22-15-4-2-1-3-14(15)18(25)23-16/h1-8,16H,9-11H2,(H,21,24)(H,22,26)(H,23,25)(H2,20,27,28)/t16-/m1/s1. The third-order valence-corrected chi connectivity index (χ3v) is 5.38. The summed E-state index contributed by atoms with van der Waals surface area (Å²) in [6.45, 7) is 0.193. The van der Waals surface area contributed by atoms with Gasteiger partial charge in [0.1, 0.15) is 6.04 Å². The van der Waals surface area contributed by atoms with E-state index >= 15 is 0 Å². The van der Waals surface area contributed by atoms with Crippen molar-refractivity contribution < 1.29 is 22.8 Å². The SMILES string of the molecule is NS(=O)(=O)c1ccc(CNC(=O)CC[C@H]2NC(=O)c3ccccc3NC2=O)cc1. The van der Waals surface area contributed by atoms with Crippen LogP contribution >= 0.6 is 0 Å². The normalized spacial score (nSPS) is 16.2. The Labute approximate surface area is 167 Å². The maximum Gasteiger partial charge on any atom is 0.254 e. The van der Waals surface area contributed by atoms with Crippen molar-refractivity contribution in [2.75, 3.05) is 5.32 Å². The van der Waals surface area contributed by atoms with E-state index in [9.17, 15) is 22.8 Å². The second-order valence-electron chi connectivity index (χ2n) is 6.57. The van der Waals surface area contributed by atoms with Crippen LogP contribution in [0.4, 0.5) is 5.69 Å². The van der Waals surface area contributed by atoms with Gasteiger partial charge in [-0.05, 0) is 36.2 Å². The molecule has 1 aliphatic rings. The fourth-order valence-corrected chi connectivity index (χ4v) is 3.39. The first kappa shape index (κ1) is 20.5. The molecule has 1 heterocycles. The lowest BCUT2D eigenvalue weighted by Gasteiger charge is -2.14. The molecule has 1 atom stereocenters. The number of amides is 3. The number of carbonyl (C=O) groups excluding carboxylic acids is 3. The largest absolute Gasteiger partial charge is 0.352 e. The Morgan fingerprint density at radius 2 is 1.76 bits per heavy atom. The zero-order chi connectivity index (χ0) is 21.0. The number of para-hydroxylation sites is 1. The highest BCUT2D eigenvalue weighted by Gasteiger charge is 2.27. The summed E-state index contributed by atoms with van der Waals surface area (Å²) in [5.41, 5.74) is 1.50. The number of primary sulfonamides is 1. The topological polar surface area (TPSA) is 147 Å². The fraction of sp³-hybridized carbons (Fsp3) is 0.211. The summed E-state index contributed by atoms with van der Waals surface area (Å²) in [7, 11) is -3.76. The van der Waals surface area contributed by atoms with Crippen molar-refractivity contribution in [1.29, 1.82) is 0 Å². The predicted molar refractivity (Wildman–Crippen MR) is 105 cm³/mol. The van der Waals surface area contributed by atoms with Gasteiger partial charge < -0.3 is 16.0 Å². The quantitative estimate of drug-likeness (QED) is 0.541. The molecule has 0 unspecified atom stereocenters. The average Bonchev–Trinajstić information content (AvgIpc) is 2.80. The van der Waals surface area contributed by atoms with Gasteiger partial charge in [-0.15, -0.1) is 0 Å². The van der Waals surface area contributed by atoms with Crippen molar-refractivity contribution in [2.24, 2.45) is 5.14 Å². The molecule has 9 nitrogen and oxygen atoms in total. The predicted octanol–water partition coefficient (Wildman–Crippen LogP) is 0.481. The molecule has 3 amide bonds. The second kappa shape index (κ2) is 8.41. The summed E-state index contributed by atoms with van der Waals surface area (Å²) in [6.07, 6.45) is 0.172. The first-order valence-electron chi connectivity index (χ1n) is 8.83. The van der Waals surface area contributed by atoms with Crippen molar-refractivity contribution in [1.82, 2.24) is 10.6 Å². The van der Waals surface area contributed by atoms with E-state index < -0.39 is 16.1 Å². The maximum atomic E-state index is 12.3. The van der Waals surface area contributed by atoms with Crippen LogP contribution in [0.5, 0.6) is 0 Å². The fourth-order valence-electron chi connectivity index (χ4n) is 2.88. The number of hydrogen-bond donors (Lipinski definition) is 4. The minimum absolute atomic E-state index is 0.0105. The van der Waals surface area contributed by atoms with Crippen LogP contribution in [0.25, 0.3) is 0 Å². The molecule has 0 fully saturated rings. The maximum absolute atomic E-state index is 12.3. The van der Waals surface area contributed by atoms with Crippen LogP contribution in [0.2, 0.25) is 0 Å². The number of nitrogens with one attached hydrogen (secondary N) is 3. The molecule has 152 valence electrons. The number of fused-ring (bicyclic) bond motifs is 1. The minimum atomic E-state index is -3.76. The van der Waals surface area contributed by atoms with Crippen LogP contribution < -0.4 is 21.1 Å². The van der Waals surface area contributed by atoms with E-state index in [1.54, 1.807) is 36.4 Å². The highest BCUT2D eigenvalue weighted by molar-refractivity contribution is 7.89. The van der Waals surface area contributed by atoms with Gasteiger partial charge >= 0.3 is 0 Å². The molecule has 1 aliphatic heterocycles. The molecule has 0 bridgehead atoms. The lowest BCUT2D eigenvalue weighted by Crippen LogP contribution is -2.42. The van der Waals surface area contributed by atoms with E-state index in [2.05, 4.69) is 16.0 Å². The first-order valence-corrected chi connectivity index (χ1v) is 10.4. The van der Waals surface area contributed by atoms with E-state index in [0.29, 0.717) is 16.8 Å². The monoisotopic (exact) mass is 416 g/mol. The molecule has 2 aromatic carbocycles. The molecule has 29 heavy (non-hydrogen) atoms. The van der Waals surface area contributed by atoms with E-state index in [1.165, 1.54) is 12.1 Å². The zero-order valence-electron chi connectivity index (χ0n) is 15.3. The third-order valence-electron chi connectivity index (χ3n) is 4.45. The Morgan fingerprint density at radius 1 is 1.07 bits per heavy atom. The summed E-state index contributed by atoms with van der Waals surface area (Å²) in [5, 5.41) is 13.1. The number of rotatable bonds is 6. The molecule has 0 aliphatic carbocycles. The molecule has 0 saturated heterocycles. The number of sulfonamides is 1. The summed E-state index contributed by atoms with van der Waals surface area (Å²) >= 11 is 0. The van der Waals surface area contributed by atoms with Crippen LogP contribution in [0.1, 0.15) is 28.8 Å². The van der Waals surface area contributed by atoms with E-state index in [0.717, 1.165) is 0 Å². The first-order chi connectivity index (χ1) is 13.7. The molecule has 10 heteroatoms. The Bertz CT molecular complexity index is 1050.